The summed E-state index contributed by atoms with van der Waals surface area (Å²) in [4.78, 5) is 27.4. The molecule has 2 aromatic carbocycles. The maximum atomic E-state index is 14.6. The van der Waals surface area contributed by atoms with E-state index in [1.54, 1.807) is 41.8 Å². The second-order valence-electron chi connectivity index (χ2n) is 6.74. The Labute approximate surface area is 180 Å². The van der Waals surface area contributed by atoms with Crippen LogP contribution in [0.2, 0.25) is 0 Å². The van der Waals surface area contributed by atoms with E-state index in [0.717, 1.165) is 17.0 Å². The topological polar surface area (TPSA) is 66.8 Å². The number of halogens is 2. The number of ether oxygens (including phenoxy) is 1. The zero-order chi connectivity index (χ0) is 22.1. The van der Waals surface area contributed by atoms with E-state index in [4.69, 9.17) is 4.74 Å². The summed E-state index contributed by atoms with van der Waals surface area (Å²) >= 11 is 1.25. The van der Waals surface area contributed by atoms with Gasteiger partial charge in [-0.1, -0.05) is 18.2 Å². The normalized spacial score (nSPS) is 17.9. The number of carbonyl (C=O) groups is 2. The average molecular weight is 441 g/mol. The molecule has 4 rings (SSSR count). The van der Waals surface area contributed by atoms with E-state index < -0.39 is 35.1 Å². The zero-order valence-electron chi connectivity index (χ0n) is 16.3. The number of hydrogen-bond acceptors (Lipinski definition) is 5. The fourth-order valence-corrected chi connectivity index (χ4v) is 4.35. The molecule has 0 saturated carbocycles. The van der Waals surface area contributed by atoms with E-state index >= 15 is 0 Å². The highest BCUT2D eigenvalue weighted by Crippen LogP contribution is 2.44. The first-order chi connectivity index (χ1) is 14.9. The molecule has 158 valence electrons. The van der Waals surface area contributed by atoms with Crippen LogP contribution in [0.5, 0.6) is 5.75 Å². The molecule has 1 atom stereocenters. The molecule has 31 heavy (non-hydrogen) atoms. The van der Waals surface area contributed by atoms with Gasteiger partial charge < -0.3 is 9.84 Å². The number of aliphatic hydroxyl groups excluding tert-OH is 1. The summed E-state index contributed by atoms with van der Waals surface area (Å²) in [5, 5.41) is 12.8. The Kier molecular flexibility index (Phi) is 5.56. The molecule has 5 nitrogen and oxygen atoms in total. The Morgan fingerprint density at radius 1 is 1.13 bits per heavy atom. The maximum Gasteiger partial charge on any atom is 0.300 e. The predicted molar refractivity (Wildman–Crippen MR) is 113 cm³/mol. The van der Waals surface area contributed by atoms with Crippen molar-refractivity contribution in [1.82, 2.24) is 0 Å². The molecule has 3 aromatic rings. The minimum absolute atomic E-state index is 0.176. The third-order valence-electron chi connectivity index (χ3n) is 4.84. The Hall–Kier alpha value is -3.52. The van der Waals surface area contributed by atoms with Crippen molar-refractivity contribution >= 4 is 34.5 Å². The van der Waals surface area contributed by atoms with Crippen LogP contribution in [0.15, 0.2) is 65.6 Å². The van der Waals surface area contributed by atoms with Gasteiger partial charge in [0.15, 0.2) is 0 Å². The van der Waals surface area contributed by atoms with Crippen molar-refractivity contribution in [3.8, 4) is 5.75 Å². The Balaban J connectivity index is 1.91. The molecule has 1 aliphatic heterocycles. The fourth-order valence-electron chi connectivity index (χ4n) is 3.53. The van der Waals surface area contributed by atoms with Crippen LogP contribution in [-0.4, -0.2) is 23.4 Å². The first kappa shape index (κ1) is 20.7. The van der Waals surface area contributed by atoms with Gasteiger partial charge in [0, 0.05) is 16.5 Å². The van der Waals surface area contributed by atoms with E-state index in [0.29, 0.717) is 23.3 Å². The summed E-state index contributed by atoms with van der Waals surface area (Å²) in [7, 11) is 0. The number of anilines is 1. The molecular formula is C23H17F2NO4S. The third-order valence-corrected chi connectivity index (χ3v) is 5.77. The number of benzene rings is 2. The summed E-state index contributed by atoms with van der Waals surface area (Å²) in [6.45, 7) is 2.22. The van der Waals surface area contributed by atoms with Crippen LogP contribution in [0.4, 0.5) is 14.5 Å². The van der Waals surface area contributed by atoms with Crippen LogP contribution in [-0.2, 0) is 9.59 Å². The van der Waals surface area contributed by atoms with Crippen LogP contribution in [0.3, 0.4) is 0 Å². The first-order valence-electron chi connectivity index (χ1n) is 9.45. The molecule has 1 fully saturated rings. The standard InChI is InChI=1S/C23H17F2NO4S/c1-2-30-15-6-3-5-13(11-15)21(27)19-20(18-7-4-10-31-18)26(23(29)22(19)28)17-9-8-14(24)12-16(17)25/h3-12,20,27H,2H2,1H3/b21-19-. The minimum atomic E-state index is -1.06. The molecule has 1 aromatic heterocycles. The predicted octanol–water partition coefficient (Wildman–Crippen LogP) is 5.05. The highest BCUT2D eigenvalue weighted by atomic mass is 32.1. The van der Waals surface area contributed by atoms with Gasteiger partial charge in [0.05, 0.1) is 17.9 Å². The molecule has 1 N–H and O–H groups in total. The van der Waals surface area contributed by atoms with Gasteiger partial charge in [-0.3, -0.25) is 14.5 Å². The van der Waals surface area contributed by atoms with Crippen LogP contribution in [0.1, 0.15) is 23.4 Å². The van der Waals surface area contributed by atoms with Gasteiger partial charge in [0.25, 0.3) is 11.7 Å². The van der Waals surface area contributed by atoms with E-state index in [2.05, 4.69) is 0 Å². The zero-order valence-corrected chi connectivity index (χ0v) is 17.2. The van der Waals surface area contributed by atoms with E-state index in [-0.39, 0.29) is 16.8 Å². The summed E-state index contributed by atoms with van der Waals surface area (Å²) in [5.74, 6) is -3.67. The van der Waals surface area contributed by atoms with Gasteiger partial charge in [0.2, 0.25) is 0 Å². The molecule has 1 unspecified atom stereocenters. The second-order valence-corrected chi connectivity index (χ2v) is 7.72. The van der Waals surface area contributed by atoms with E-state index in [1.807, 2.05) is 6.92 Å². The summed E-state index contributed by atoms with van der Waals surface area (Å²) in [5.41, 5.74) is -0.140. The maximum absolute atomic E-state index is 14.6. The third kappa shape index (κ3) is 3.70. The molecule has 8 heteroatoms. The van der Waals surface area contributed by atoms with Crippen LogP contribution < -0.4 is 9.64 Å². The molecule has 1 saturated heterocycles. The number of rotatable bonds is 5. The smallest absolute Gasteiger partial charge is 0.300 e. The van der Waals surface area contributed by atoms with Crippen LogP contribution >= 0.6 is 11.3 Å². The molecule has 0 radical (unpaired) electrons. The number of Topliss-reactive ketones (excluding diaryl/α,β-unsaturated/α-hetero) is 1. The quantitative estimate of drug-likeness (QED) is 0.342. The molecule has 1 aliphatic rings. The highest BCUT2D eigenvalue weighted by molar-refractivity contribution is 7.10. The van der Waals surface area contributed by atoms with Crippen LogP contribution in [0, 0.1) is 11.6 Å². The summed E-state index contributed by atoms with van der Waals surface area (Å²) in [6, 6.07) is 11.6. The average Bonchev–Trinajstić information content (AvgIpc) is 3.36. The lowest BCUT2D eigenvalue weighted by atomic mass is 9.99. The number of amides is 1. The Bertz CT molecular complexity index is 1190. The van der Waals surface area contributed by atoms with Gasteiger partial charge in [-0.25, -0.2) is 8.78 Å². The lowest BCUT2D eigenvalue weighted by Crippen LogP contribution is -2.30. The van der Waals surface area contributed by atoms with E-state index in [1.165, 1.54) is 11.3 Å². The number of ketones is 1. The van der Waals surface area contributed by atoms with Gasteiger partial charge in [-0.05, 0) is 42.6 Å². The Morgan fingerprint density at radius 3 is 2.61 bits per heavy atom. The van der Waals surface area contributed by atoms with Crippen molar-refractivity contribution in [3.63, 3.8) is 0 Å². The molecule has 0 aliphatic carbocycles. The molecule has 0 bridgehead atoms. The minimum Gasteiger partial charge on any atom is -0.507 e. The second kappa shape index (κ2) is 8.31. The lowest BCUT2D eigenvalue weighted by molar-refractivity contribution is -0.132. The van der Waals surface area contributed by atoms with E-state index in [9.17, 15) is 23.5 Å². The van der Waals surface area contributed by atoms with Crippen molar-refractivity contribution < 1.29 is 28.2 Å². The van der Waals surface area contributed by atoms with Gasteiger partial charge in [0.1, 0.15) is 29.2 Å². The van der Waals surface area contributed by atoms with Gasteiger partial charge >= 0.3 is 0 Å². The van der Waals surface area contributed by atoms with Crippen molar-refractivity contribution in [2.45, 2.75) is 13.0 Å². The van der Waals surface area contributed by atoms with Gasteiger partial charge in [-0.15, -0.1) is 11.3 Å². The molecular weight excluding hydrogens is 424 g/mol. The Morgan fingerprint density at radius 2 is 1.94 bits per heavy atom. The van der Waals surface area contributed by atoms with Crippen molar-refractivity contribution in [2.24, 2.45) is 0 Å². The largest absolute Gasteiger partial charge is 0.507 e. The number of nitrogens with zero attached hydrogens (tertiary/aromatic N) is 1. The molecule has 2 heterocycles. The number of carbonyl (C=O) groups excluding carboxylic acids is 2. The summed E-state index contributed by atoms with van der Waals surface area (Å²) < 4.78 is 33.5. The van der Waals surface area contributed by atoms with Crippen molar-refractivity contribution in [3.05, 3.63) is 87.6 Å². The fraction of sp³-hybridized carbons (Fsp3) is 0.130. The first-order valence-corrected chi connectivity index (χ1v) is 10.3. The van der Waals surface area contributed by atoms with Gasteiger partial charge in [-0.2, -0.15) is 0 Å². The SMILES string of the molecule is CCOc1cccc(/C(O)=C2/C(=O)C(=O)N(c3ccc(F)cc3F)C2c2cccs2)c1. The van der Waals surface area contributed by atoms with Crippen molar-refractivity contribution in [2.75, 3.05) is 11.5 Å². The van der Waals surface area contributed by atoms with Crippen molar-refractivity contribution in [1.29, 1.82) is 0 Å². The molecule has 1 amide bonds. The number of thiophene rings is 1. The van der Waals surface area contributed by atoms with Crippen LogP contribution in [0.25, 0.3) is 5.76 Å². The highest BCUT2D eigenvalue weighted by Gasteiger charge is 2.48. The monoisotopic (exact) mass is 441 g/mol. The lowest BCUT2D eigenvalue weighted by Gasteiger charge is -2.24. The number of aliphatic hydroxyl groups is 1. The number of hydrogen-bond donors (Lipinski definition) is 1. The molecule has 0 spiro atoms. The summed E-state index contributed by atoms with van der Waals surface area (Å²) in [6.07, 6.45) is 0.